The second-order valence-corrected chi connectivity index (χ2v) is 6.36. The smallest absolute Gasteiger partial charge is 0.127 e. The molecule has 2 heterocycles. The van der Waals surface area contributed by atoms with E-state index in [-0.39, 0.29) is 0 Å². The van der Waals surface area contributed by atoms with Crippen molar-refractivity contribution >= 4 is 0 Å². The van der Waals surface area contributed by atoms with Crippen LogP contribution in [0, 0.1) is 0 Å². The van der Waals surface area contributed by atoms with Crippen LogP contribution in [0.4, 0.5) is 0 Å². The highest BCUT2D eigenvalue weighted by molar-refractivity contribution is 5.40. The summed E-state index contributed by atoms with van der Waals surface area (Å²) in [7, 11) is 5.64. The van der Waals surface area contributed by atoms with Gasteiger partial charge in [0, 0.05) is 63.5 Å². The van der Waals surface area contributed by atoms with Crippen LogP contribution in [0.5, 0.6) is 11.5 Å². The van der Waals surface area contributed by atoms with Crippen LogP contribution in [0.15, 0.2) is 18.2 Å². The van der Waals surface area contributed by atoms with E-state index in [2.05, 4.69) is 27.8 Å². The highest BCUT2D eigenvalue weighted by Gasteiger charge is 2.30. The van der Waals surface area contributed by atoms with Crippen molar-refractivity contribution in [1.82, 2.24) is 14.7 Å². The molecule has 5 heteroatoms. The fourth-order valence-electron chi connectivity index (χ4n) is 3.54. The summed E-state index contributed by atoms with van der Waals surface area (Å²) < 4.78 is 10.8. The standard InChI is InChI=1S/C17H27N3O2/c1-18-6-8-20-9-7-19(13-15(20)12-18)11-14-4-5-16(21-2)10-17(14)22-3/h4-5,10,15H,6-9,11-13H2,1-3H3/t15-/m1/s1. The van der Waals surface area contributed by atoms with E-state index < -0.39 is 0 Å². The Morgan fingerprint density at radius 1 is 1.05 bits per heavy atom. The van der Waals surface area contributed by atoms with Crippen molar-refractivity contribution in [3.8, 4) is 11.5 Å². The van der Waals surface area contributed by atoms with Gasteiger partial charge in [-0.2, -0.15) is 0 Å². The van der Waals surface area contributed by atoms with Gasteiger partial charge in [-0.15, -0.1) is 0 Å². The minimum absolute atomic E-state index is 0.664. The fourth-order valence-corrected chi connectivity index (χ4v) is 3.54. The molecule has 0 bridgehead atoms. The van der Waals surface area contributed by atoms with Gasteiger partial charge in [-0.25, -0.2) is 0 Å². The number of hydrogen-bond acceptors (Lipinski definition) is 5. The van der Waals surface area contributed by atoms with E-state index in [4.69, 9.17) is 9.47 Å². The van der Waals surface area contributed by atoms with Gasteiger partial charge >= 0.3 is 0 Å². The maximum Gasteiger partial charge on any atom is 0.127 e. The molecular weight excluding hydrogens is 278 g/mol. The predicted molar refractivity (Wildman–Crippen MR) is 87.7 cm³/mol. The molecule has 2 saturated heterocycles. The van der Waals surface area contributed by atoms with Crippen LogP contribution in [0.2, 0.25) is 0 Å². The lowest BCUT2D eigenvalue weighted by Crippen LogP contribution is -2.61. The molecule has 0 spiro atoms. The zero-order valence-electron chi connectivity index (χ0n) is 13.9. The van der Waals surface area contributed by atoms with Gasteiger partial charge in [-0.3, -0.25) is 9.80 Å². The highest BCUT2D eigenvalue weighted by Crippen LogP contribution is 2.26. The molecule has 22 heavy (non-hydrogen) atoms. The molecule has 1 aromatic rings. The maximum absolute atomic E-state index is 5.53. The van der Waals surface area contributed by atoms with Gasteiger partial charge in [0.1, 0.15) is 11.5 Å². The summed E-state index contributed by atoms with van der Waals surface area (Å²) >= 11 is 0. The Kier molecular flexibility index (Phi) is 4.86. The van der Waals surface area contributed by atoms with Crippen LogP contribution in [0.3, 0.4) is 0 Å². The van der Waals surface area contributed by atoms with Gasteiger partial charge < -0.3 is 14.4 Å². The Hall–Kier alpha value is -1.30. The number of ether oxygens (including phenoxy) is 2. The highest BCUT2D eigenvalue weighted by atomic mass is 16.5. The van der Waals surface area contributed by atoms with E-state index in [0.717, 1.165) is 31.1 Å². The first-order valence-corrected chi connectivity index (χ1v) is 8.05. The first-order valence-electron chi connectivity index (χ1n) is 8.05. The Bertz CT molecular complexity index is 509. The van der Waals surface area contributed by atoms with Crippen molar-refractivity contribution in [2.45, 2.75) is 12.6 Å². The molecule has 3 rings (SSSR count). The zero-order chi connectivity index (χ0) is 15.5. The first-order chi connectivity index (χ1) is 10.7. The Morgan fingerprint density at radius 2 is 1.86 bits per heavy atom. The number of likely N-dealkylation sites (N-methyl/N-ethyl adjacent to an activating group) is 1. The molecular formula is C17H27N3O2. The molecule has 122 valence electrons. The molecule has 0 unspecified atom stereocenters. The molecule has 2 fully saturated rings. The van der Waals surface area contributed by atoms with E-state index in [9.17, 15) is 0 Å². The molecule has 1 atom stereocenters. The fraction of sp³-hybridized carbons (Fsp3) is 0.647. The molecule has 0 aromatic heterocycles. The summed E-state index contributed by atoms with van der Waals surface area (Å²) in [5.74, 6) is 1.77. The Balaban J connectivity index is 1.66. The summed E-state index contributed by atoms with van der Waals surface area (Å²) in [5.41, 5.74) is 1.24. The summed E-state index contributed by atoms with van der Waals surface area (Å²) in [6.45, 7) is 7.98. The monoisotopic (exact) mass is 305 g/mol. The van der Waals surface area contributed by atoms with Crippen LogP contribution in [-0.2, 0) is 6.54 Å². The molecule has 0 saturated carbocycles. The number of benzene rings is 1. The molecule has 0 amide bonds. The van der Waals surface area contributed by atoms with Crippen LogP contribution in [0.25, 0.3) is 0 Å². The Labute approximate surface area is 133 Å². The lowest BCUT2D eigenvalue weighted by Gasteiger charge is -2.46. The normalized spacial score (nSPS) is 24.0. The maximum atomic E-state index is 5.53. The van der Waals surface area contributed by atoms with E-state index in [0.29, 0.717) is 6.04 Å². The molecule has 1 aromatic carbocycles. The molecule has 0 aliphatic carbocycles. The number of nitrogens with zero attached hydrogens (tertiary/aromatic N) is 3. The van der Waals surface area contributed by atoms with E-state index in [1.807, 2.05) is 12.1 Å². The van der Waals surface area contributed by atoms with Crippen LogP contribution >= 0.6 is 0 Å². The van der Waals surface area contributed by atoms with Gasteiger partial charge in [-0.1, -0.05) is 6.07 Å². The van der Waals surface area contributed by atoms with E-state index in [1.54, 1.807) is 14.2 Å². The first kappa shape index (κ1) is 15.6. The third-order valence-corrected chi connectivity index (χ3v) is 4.87. The molecule has 2 aliphatic heterocycles. The lowest BCUT2D eigenvalue weighted by molar-refractivity contribution is 0.0173. The summed E-state index contributed by atoms with van der Waals surface area (Å²) in [4.78, 5) is 7.63. The minimum Gasteiger partial charge on any atom is -0.497 e. The van der Waals surface area contributed by atoms with Gasteiger partial charge in [-0.05, 0) is 13.1 Å². The average Bonchev–Trinajstić information content (AvgIpc) is 2.54. The van der Waals surface area contributed by atoms with E-state index in [1.165, 1.54) is 31.7 Å². The predicted octanol–water partition coefficient (Wildman–Crippen LogP) is 1.14. The number of fused-ring (bicyclic) bond motifs is 1. The van der Waals surface area contributed by atoms with Crippen molar-refractivity contribution < 1.29 is 9.47 Å². The third kappa shape index (κ3) is 3.37. The summed E-state index contributed by atoms with van der Waals surface area (Å²) in [6.07, 6.45) is 0. The van der Waals surface area contributed by atoms with Crippen molar-refractivity contribution in [2.75, 3.05) is 60.5 Å². The summed E-state index contributed by atoms with van der Waals surface area (Å²) in [5, 5.41) is 0. The topological polar surface area (TPSA) is 28.2 Å². The van der Waals surface area contributed by atoms with Crippen molar-refractivity contribution in [3.63, 3.8) is 0 Å². The van der Waals surface area contributed by atoms with Crippen LogP contribution in [0.1, 0.15) is 5.56 Å². The van der Waals surface area contributed by atoms with Crippen LogP contribution < -0.4 is 9.47 Å². The average molecular weight is 305 g/mol. The zero-order valence-corrected chi connectivity index (χ0v) is 13.9. The van der Waals surface area contributed by atoms with Crippen molar-refractivity contribution in [1.29, 1.82) is 0 Å². The third-order valence-electron chi connectivity index (χ3n) is 4.87. The molecule has 0 N–H and O–H groups in total. The second kappa shape index (κ2) is 6.86. The van der Waals surface area contributed by atoms with Gasteiger partial charge in [0.2, 0.25) is 0 Å². The summed E-state index contributed by atoms with van der Waals surface area (Å²) in [6, 6.07) is 6.77. The van der Waals surface area contributed by atoms with Gasteiger partial charge in [0.15, 0.2) is 0 Å². The largest absolute Gasteiger partial charge is 0.497 e. The van der Waals surface area contributed by atoms with E-state index >= 15 is 0 Å². The second-order valence-electron chi connectivity index (χ2n) is 6.36. The lowest BCUT2D eigenvalue weighted by atomic mass is 10.1. The Morgan fingerprint density at radius 3 is 2.64 bits per heavy atom. The van der Waals surface area contributed by atoms with Crippen molar-refractivity contribution in [2.24, 2.45) is 0 Å². The van der Waals surface area contributed by atoms with Gasteiger partial charge in [0.25, 0.3) is 0 Å². The number of rotatable bonds is 4. The SMILES string of the molecule is COc1ccc(CN2CCN3CCN(C)C[C@@H]3C2)c(OC)c1. The minimum atomic E-state index is 0.664. The molecule has 5 nitrogen and oxygen atoms in total. The van der Waals surface area contributed by atoms with Crippen molar-refractivity contribution in [3.05, 3.63) is 23.8 Å². The van der Waals surface area contributed by atoms with Gasteiger partial charge in [0.05, 0.1) is 14.2 Å². The van der Waals surface area contributed by atoms with Crippen LogP contribution in [-0.4, -0.2) is 81.3 Å². The molecule has 0 radical (unpaired) electrons. The quantitative estimate of drug-likeness (QED) is 0.832. The molecule has 2 aliphatic rings. The number of methoxy groups -OCH3 is 2. The number of hydrogen-bond donors (Lipinski definition) is 0. The number of piperazine rings is 2.